The molecule has 0 saturated heterocycles. The van der Waals surface area contributed by atoms with Gasteiger partial charge in [0.2, 0.25) is 5.91 Å². The van der Waals surface area contributed by atoms with Gasteiger partial charge in [-0.15, -0.1) is 0 Å². The molecule has 1 heterocycles. The summed E-state index contributed by atoms with van der Waals surface area (Å²) >= 11 is 0. The van der Waals surface area contributed by atoms with Crippen LogP contribution in [0.3, 0.4) is 0 Å². The zero-order valence-electron chi connectivity index (χ0n) is 7.16. The van der Waals surface area contributed by atoms with E-state index in [1.807, 2.05) is 0 Å². The Labute approximate surface area is 76.2 Å². The SMILES string of the molecule is NC1(C(=O)Nc2cccnc2)CC1. The number of nitrogens with two attached hydrogens (primary N) is 1. The van der Waals surface area contributed by atoms with Gasteiger partial charge >= 0.3 is 0 Å². The minimum absolute atomic E-state index is 0.111. The summed E-state index contributed by atoms with van der Waals surface area (Å²) < 4.78 is 0. The molecule has 4 nitrogen and oxygen atoms in total. The molecule has 1 aromatic heterocycles. The van der Waals surface area contributed by atoms with E-state index in [2.05, 4.69) is 10.3 Å². The maximum Gasteiger partial charge on any atom is 0.244 e. The number of nitrogens with zero attached hydrogens (tertiary/aromatic N) is 1. The molecule has 0 spiro atoms. The van der Waals surface area contributed by atoms with Crippen LogP contribution in [0.5, 0.6) is 0 Å². The topological polar surface area (TPSA) is 68.0 Å². The molecule has 4 heteroatoms. The van der Waals surface area contributed by atoms with Crippen LogP contribution in [0.2, 0.25) is 0 Å². The molecule has 1 amide bonds. The van der Waals surface area contributed by atoms with Gasteiger partial charge in [0.25, 0.3) is 0 Å². The Kier molecular flexibility index (Phi) is 1.77. The smallest absolute Gasteiger partial charge is 0.244 e. The molecule has 3 N–H and O–H groups in total. The van der Waals surface area contributed by atoms with Gasteiger partial charge in [-0.1, -0.05) is 0 Å². The third kappa shape index (κ3) is 1.67. The third-order valence-electron chi connectivity index (χ3n) is 2.16. The number of aromatic nitrogens is 1. The first-order valence-electron chi connectivity index (χ1n) is 4.21. The van der Waals surface area contributed by atoms with Gasteiger partial charge in [-0.3, -0.25) is 9.78 Å². The van der Waals surface area contributed by atoms with E-state index in [4.69, 9.17) is 5.73 Å². The molecule has 1 saturated carbocycles. The zero-order valence-corrected chi connectivity index (χ0v) is 7.16. The van der Waals surface area contributed by atoms with Crippen LogP contribution in [0, 0.1) is 0 Å². The molecule has 1 aliphatic carbocycles. The number of hydrogen-bond acceptors (Lipinski definition) is 3. The summed E-state index contributed by atoms with van der Waals surface area (Å²) in [6, 6.07) is 3.56. The number of pyridine rings is 1. The molecule has 68 valence electrons. The number of carbonyl (C=O) groups is 1. The van der Waals surface area contributed by atoms with Crippen molar-refractivity contribution in [3.8, 4) is 0 Å². The molecule has 0 aromatic carbocycles. The Hall–Kier alpha value is -1.42. The van der Waals surface area contributed by atoms with Gasteiger partial charge in [-0.05, 0) is 25.0 Å². The van der Waals surface area contributed by atoms with E-state index >= 15 is 0 Å². The van der Waals surface area contributed by atoms with Gasteiger partial charge in [-0.2, -0.15) is 0 Å². The van der Waals surface area contributed by atoms with E-state index in [1.165, 1.54) is 0 Å². The lowest BCUT2D eigenvalue weighted by Gasteiger charge is -2.08. The first kappa shape index (κ1) is 8.19. The number of nitrogens with one attached hydrogen (secondary N) is 1. The van der Waals surface area contributed by atoms with Crippen LogP contribution >= 0.6 is 0 Å². The van der Waals surface area contributed by atoms with Crippen molar-refractivity contribution in [2.45, 2.75) is 18.4 Å². The summed E-state index contributed by atoms with van der Waals surface area (Å²) in [4.78, 5) is 15.3. The molecule has 0 bridgehead atoms. The monoisotopic (exact) mass is 177 g/mol. The van der Waals surface area contributed by atoms with E-state index in [9.17, 15) is 4.79 Å². The van der Waals surface area contributed by atoms with E-state index < -0.39 is 5.54 Å². The van der Waals surface area contributed by atoms with Gasteiger partial charge in [0.05, 0.1) is 17.4 Å². The van der Waals surface area contributed by atoms with Crippen molar-refractivity contribution in [3.05, 3.63) is 24.5 Å². The summed E-state index contributed by atoms with van der Waals surface area (Å²) in [6.45, 7) is 0. The lowest BCUT2D eigenvalue weighted by Crippen LogP contribution is -2.37. The third-order valence-corrected chi connectivity index (χ3v) is 2.16. The quantitative estimate of drug-likeness (QED) is 0.691. The summed E-state index contributed by atoms with van der Waals surface area (Å²) in [7, 11) is 0. The molecule has 1 fully saturated rings. The molecule has 2 rings (SSSR count). The predicted octanol–water partition coefficient (Wildman–Crippen LogP) is 0.511. The summed E-state index contributed by atoms with van der Waals surface area (Å²) in [5.41, 5.74) is 5.79. The van der Waals surface area contributed by atoms with E-state index in [1.54, 1.807) is 24.5 Å². The highest BCUT2D eigenvalue weighted by Crippen LogP contribution is 2.33. The van der Waals surface area contributed by atoms with Crippen molar-refractivity contribution in [1.82, 2.24) is 4.98 Å². The van der Waals surface area contributed by atoms with Crippen molar-refractivity contribution in [2.75, 3.05) is 5.32 Å². The maximum atomic E-state index is 11.4. The normalized spacial score (nSPS) is 17.9. The van der Waals surface area contributed by atoms with Crippen LogP contribution in [-0.4, -0.2) is 16.4 Å². The average molecular weight is 177 g/mol. The standard InChI is InChI=1S/C9H11N3O/c10-9(3-4-9)8(13)12-7-2-1-5-11-6-7/h1-2,5-6H,3-4,10H2,(H,12,13). The molecule has 0 aliphatic heterocycles. The highest BCUT2D eigenvalue weighted by molar-refractivity contribution is 5.99. The molecular weight excluding hydrogens is 166 g/mol. The Bertz CT molecular complexity index is 319. The maximum absolute atomic E-state index is 11.4. The number of carbonyl (C=O) groups excluding carboxylic acids is 1. The largest absolute Gasteiger partial charge is 0.323 e. The molecule has 1 aliphatic rings. The molecule has 0 radical (unpaired) electrons. The predicted molar refractivity (Wildman–Crippen MR) is 49.0 cm³/mol. The van der Waals surface area contributed by atoms with E-state index in [0.29, 0.717) is 5.69 Å². The van der Waals surface area contributed by atoms with Crippen molar-refractivity contribution < 1.29 is 4.79 Å². The fourth-order valence-electron chi connectivity index (χ4n) is 1.05. The molecule has 1 aromatic rings. The second-order valence-electron chi connectivity index (χ2n) is 3.35. The van der Waals surface area contributed by atoms with Crippen molar-refractivity contribution in [1.29, 1.82) is 0 Å². The summed E-state index contributed by atoms with van der Waals surface area (Å²) in [5, 5.41) is 2.72. The fraction of sp³-hybridized carbons (Fsp3) is 0.333. The minimum Gasteiger partial charge on any atom is -0.323 e. The van der Waals surface area contributed by atoms with Crippen LogP contribution in [0.1, 0.15) is 12.8 Å². The van der Waals surface area contributed by atoms with Crippen LogP contribution in [0.15, 0.2) is 24.5 Å². The Morgan fingerprint density at radius 1 is 1.62 bits per heavy atom. The van der Waals surface area contributed by atoms with Gasteiger partial charge in [0.1, 0.15) is 0 Å². The lowest BCUT2D eigenvalue weighted by atomic mass is 10.2. The van der Waals surface area contributed by atoms with E-state index in [-0.39, 0.29) is 5.91 Å². The zero-order chi connectivity index (χ0) is 9.31. The van der Waals surface area contributed by atoms with Gasteiger partial charge in [-0.25, -0.2) is 0 Å². The first-order chi connectivity index (χ1) is 6.21. The van der Waals surface area contributed by atoms with Crippen LogP contribution < -0.4 is 11.1 Å². The van der Waals surface area contributed by atoms with Crippen molar-refractivity contribution in [2.24, 2.45) is 5.73 Å². The number of rotatable bonds is 2. The molecule has 13 heavy (non-hydrogen) atoms. The second kappa shape index (κ2) is 2.81. The number of anilines is 1. The van der Waals surface area contributed by atoms with Gasteiger partial charge in [0, 0.05) is 6.20 Å². The highest BCUT2D eigenvalue weighted by atomic mass is 16.2. The number of hydrogen-bond donors (Lipinski definition) is 2. The van der Waals surface area contributed by atoms with E-state index in [0.717, 1.165) is 12.8 Å². The van der Waals surface area contributed by atoms with Gasteiger partial charge < -0.3 is 11.1 Å². The second-order valence-corrected chi connectivity index (χ2v) is 3.35. The number of amides is 1. The first-order valence-corrected chi connectivity index (χ1v) is 4.21. The Morgan fingerprint density at radius 3 is 2.92 bits per heavy atom. The van der Waals surface area contributed by atoms with Gasteiger partial charge in [0.15, 0.2) is 0 Å². The van der Waals surface area contributed by atoms with Crippen molar-refractivity contribution in [3.63, 3.8) is 0 Å². The van der Waals surface area contributed by atoms with Crippen LogP contribution in [-0.2, 0) is 4.79 Å². The van der Waals surface area contributed by atoms with Crippen LogP contribution in [0.4, 0.5) is 5.69 Å². The molecule has 0 unspecified atom stereocenters. The molecule has 0 atom stereocenters. The summed E-state index contributed by atoms with van der Waals surface area (Å²) in [5.74, 6) is -0.111. The van der Waals surface area contributed by atoms with Crippen molar-refractivity contribution >= 4 is 11.6 Å². The highest BCUT2D eigenvalue weighted by Gasteiger charge is 2.45. The minimum atomic E-state index is -0.615. The fourth-order valence-corrected chi connectivity index (χ4v) is 1.05. The molecular formula is C9H11N3O. The Balaban J connectivity index is 2.03. The average Bonchev–Trinajstić information content (AvgIpc) is 2.87. The Morgan fingerprint density at radius 2 is 2.38 bits per heavy atom. The lowest BCUT2D eigenvalue weighted by molar-refractivity contribution is -0.118. The van der Waals surface area contributed by atoms with Crippen LogP contribution in [0.25, 0.3) is 0 Å². The summed E-state index contributed by atoms with van der Waals surface area (Å²) in [6.07, 6.45) is 4.81.